The van der Waals surface area contributed by atoms with Gasteiger partial charge in [0.2, 0.25) is 0 Å². The van der Waals surface area contributed by atoms with Crippen molar-refractivity contribution in [2.24, 2.45) is 0 Å². The third-order valence-electron chi connectivity index (χ3n) is 7.35. The molecular formula is C36H45N3O3S3. The van der Waals surface area contributed by atoms with Crippen LogP contribution in [0.2, 0.25) is 0 Å². The molecule has 0 spiro atoms. The van der Waals surface area contributed by atoms with E-state index in [2.05, 4.69) is 62.3 Å². The quantitative estimate of drug-likeness (QED) is 0.151. The number of nitrogens with zero attached hydrogens (tertiary/aromatic N) is 3. The van der Waals surface area contributed by atoms with E-state index in [4.69, 9.17) is 15.0 Å². The first-order valence-corrected chi connectivity index (χ1v) is 18.0. The van der Waals surface area contributed by atoms with Crippen LogP contribution in [0.25, 0.3) is 0 Å². The Bertz CT molecular complexity index is 1450. The first-order valence-electron chi connectivity index (χ1n) is 15.0. The van der Waals surface area contributed by atoms with Crippen LogP contribution in [0.5, 0.6) is 17.2 Å². The van der Waals surface area contributed by atoms with Crippen molar-refractivity contribution in [3.63, 3.8) is 0 Å². The Balaban J connectivity index is 1.65. The molecule has 0 fully saturated rings. The molecule has 9 heteroatoms. The van der Waals surface area contributed by atoms with Crippen molar-refractivity contribution in [3.05, 3.63) is 88.0 Å². The van der Waals surface area contributed by atoms with Gasteiger partial charge in [0.25, 0.3) is 0 Å². The molecule has 45 heavy (non-hydrogen) atoms. The molecule has 3 N–H and O–H groups in total. The number of phenols is 3. The Morgan fingerprint density at radius 3 is 0.911 bits per heavy atom. The largest absolute Gasteiger partial charge is 0.508 e. The van der Waals surface area contributed by atoms with Crippen LogP contribution in [0.4, 0.5) is 0 Å². The summed E-state index contributed by atoms with van der Waals surface area (Å²) < 4.78 is 0. The van der Waals surface area contributed by atoms with E-state index in [0.29, 0.717) is 32.7 Å². The van der Waals surface area contributed by atoms with E-state index in [9.17, 15) is 15.3 Å². The van der Waals surface area contributed by atoms with Crippen molar-refractivity contribution in [2.45, 2.75) is 111 Å². The van der Waals surface area contributed by atoms with Crippen molar-refractivity contribution in [1.82, 2.24) is 15.0 Å². The Hall–Kier alpha value is -2.88. The van der Waals surface area contributed by atoms with Gasteiger partial charge in [-0.15, -0.1) is 0 Å². The normalized spacial score (nSPS) is 12.5. The van der Waals surface area contributed by atoms with Gasteiger partial charge in [0.1, 0.15) is 17.2 Å². The summed E-state index contributed by atoms with van der Waals surface area (Å²) in [6, 6.07) is 16.7. The van der Waals surface area contributed by atoms with E-state index >= 15 is 0 Å². The smallest absolute Gasteiger partial charge is 0.192 e. The minimum Gasteiger partial charge on any atom is -0.508 e. The van der Waals surface area contributed by atoms with Crippen LogP contribution in [0.1, 0.15) is 95.7 Å². The van der Waals surface area contributed by atoms with E-state index in [1.807, 2.05) is 36.4 Å². The number of benzene rings is 3. The summed E-state index contributed by atoms with van der Waals surface area (Å²) in [6.07, 6.45) is 0. The average Bonchev–Trinajstić information content (AvgIpc) is 2.93. The lowest BCUT2D eigenvalue weighted by Crippen LogP contribution is -2.14. The third kappa shape index (κ3) is 9.56. The Kier molecular flexibility index (Phi) is 10.8. The minimum absolute atomic E-state index is 0.125. The molecular weight excluding hydrogens is 619 g/mol. The number of hydrogen-bond acceptors (Lipinski definition) is 9. The van der Waals surface area contributed by atoms with Crippen molar-refractivity contribution in [3.8, 4) is 17.2 Å². The molecule has 0 radical (unpaired) electrons. The lowest BCUT2D eigenvalue weighted by atomic mass is 9.84. The molecule has 0 bridgehead atoms. The van der Waals surface area contributed by atoms with Crippen LogP contribution in [0.3, 0.4) is 0 Å². The van der Waals surface area contributed by atoms with Crippen LogP contribution in [0.15, 0.2) is 70.1 Å². The fourth-order valence-corrected chi connectivity index (χ4v) is 7.79. The maximum atomic E-state index is 10.2. The molecule has 0 aliphatic carbocycles. The van der Waals surface area contributed by atoms with Crippen LogP contribution in [-0.4, -0.2) is 30.3 Å². The van der Waals surface area contributed by atoms with Crippen molar-refractivity contribution < 1.29 is 15.3 Å². The number of phenolic OH excluding ortho intramolecular Hbond substituents is 3. The van der Waals surface area contributed by atoms with Gasteiger partial charge in [-0.3, -0.25) is 0 Å². The van der Waals surface area contributed by atoms with E-state index < -0.39 is 0 Å². The Morgan fingerprint density at radius 2 is 0.689 bits per heavy atom. The predicted octanol–water partition coefficient (Wildman–Crippen LogP) is 9.76. The topological polar surface area (TPSA) is 99.4 Å². The molecule has 0 saturated carbocycles. The third-order valence-corrected chi connectivity index (χ3v) is 10.0. The average molecular weight is 664 g/mol. The van der Waals surface area contributed by atoms with Crippen molar-refractivity contribution >= 4 is 35.3 Å². The summed E-state index contributed by atoms with van der Waals surface area (Å²) in [7, 11) is 0. The van der Waals surface area contributed by atoms with Gasteiger partial charge in [-0.1, -0.05) is 116 Å². The van der Waals surface area contributed by atoms with Crippen LogP contribution < -0.4 is 0 Å². The van der Waals surface area contributed by atoms with E-state index in [-0.39, 0.29) is 33.5 Å². The summed E-state index contributed by atoms with van der Waals surface area (Å²) in [6.45, 7) is 19.3. The second-order valence-electron chi connectivity index (χ2n) is 14.3. The second-order valence-corrected chi connectivity index (χ2v) is 17.2. The molecule has 0 amide bonds. The minimum atomic E-state index is -0.125. The lowest BCUT2D eigenvalue weighted by molar-refractivity contribution is 0.470. The van der Waals surface area contributed by atoms with E-state index in [1.165, 1.54) is 0 Å². The van der Waals surface area contributed by atoms with Gasteiger partial charge >= 0.3 is 0 Å². The molecule has 1 aromatic heterocycles. The maximum absolute atomic E-state index is 10.2. The number of hydrogen-bond donors (Lipinski definition) is 3. The lowest BCUT2D eigenvalue weighted by Gasteiger charge is -2.23. The standard InChI is InChI=1S/C36H45N3O3S3/c1-34(2,3)28-16-25(40)13-10-22(28)19-43-31-37-32(44-20-23-11-14-26(41)17-29(23)35(4,5)6)39-33(38-31)45-21-24-12-15-27(42)18-30(24)36(7,8)9/h10-18,40-42H,19-21H2,1-9H3. The van der Waals surface area contributed by atoms with Gasteiger partial charge in [-0.25, -0.2) is 0 Å². The number of aromatic hydroxyl groups is 3. The van der Waals surface area contributed by atoms with Crippen LogP contribution in [0, 0.1) is 0 Å². The highest BCUT2D eigenvalue weighted by molar-refractivity contribution is 7.99. The first kappa shape index (κ1) is 35.0. The number of aromatic nitrogens is 3. The summed E-state index contributed by atoms with van der Waals surface area (Å²) in [5, 5.41) is 32.4. The summed E-state index contributed by atoms with van der Waals surface area (Å²) in [4.78, 5) is 14.6. The number of rotatable bonds is 9. The highest BCUT2D eigenvalue weighted by atomic mass is 32.2. The molecule has 0 saturated heterocycles. The van der Waals surface area contributed by atoms with E-state index in [0.717, 1.165) is 33.4 Å². The Labute approximate surface area is 280 Å². The van der Waals surface area contributed by atoms with Gasteiger partial charge in [-0.05, 0) is 86.0 Å². The van der Waals surface area contributed by atoms with Gasteiger partial charge in [0.15, 0.2) is 15.5 Å². The summed E-state index contributed by atoms with van der Waals surface area (Å²) >= 11 is 4.69. The molecule has 6 nitrogen and oxygen atoms in total. The molecule has 0 atom stereocenters. The van der Waals surface area contributed by atoms with Crippen molar-refractivity contribution in [1.29, 1.82) is 0 Å². The highest BCUT2D eigenvalue weighted by Gasteiger charge is 2.22. The maximum Gasteiger partial charge on any atom is 0.192 e. The SMILES string of the molecule is CC(C)(C)c1cc(O)ccc1CSc1nc(SCc2ccc(O)cc2C(C)(C)C)nc(SCc2ccc(O)cc2C(C)(C)C)n1. The van der Waals surface area contributed by atoms with Crippen molar-refractivity contribution in [2.75, 3.05) is 0 Å². The zero-order chi connectivity index (χ0) is 33.2. The molecule has 4 aromatic rings. The molecule has 240 valence electrons. The van der Waals surface area contributed by atoms with Crippen LogP contribution >= 0.6 is 35.3 Å². The zero-order valence-electron chi connectivity index (χ0n) is 27.7. The van der Waals surface area contributed by atoms with Gasteiger partial charge in [0.05, 0.1) is 0 Å². The fourth-order valence-electron chi connectivity index (χ4n) is 5.11. The predicted molar refractivity (Wildman–Crippen MR) is 189 cm³/mol. The van der Waals surface area contributed by atoms with Gasteiger partial charge in [0, 0.05) is 17.3 Å². The number of thioether (sulfide) groups is 3. The van der Waals surface area contributed by atoms with E-state index in [1.54, 1.807) is 53.5 Å². The van der Waals surface area contributed by atoms with Gasteiger partial charge < -0.3 is 15.3 Å². The molecule has 0 aliphatic rings. The molecule has 1 heterocycles. The summed E-state index contributed by atoms with van der Waals surface area (Å²) in [5.74, 6) is 2.76. The fraction of sp³-hybridized carbons (Fsp3) is 0.417. The Morgan fingerprint density at radius 1 is 0.444 bits per heavy atom. The second kappa shape index (κ2) is 13.9. The molecule has 4 rings (SSSR count). The first-order chi connectivity index (χ1) is 20.9. The van der Waals surface area contributed by atoms with Crippen LogP contribution in [-0.2, 0) is 33.5 Å². The molecule has 0 unspecified atom stereocenters. The molecule has 3 aromatic carbocycles. The zero-order valence-corrected chi connectivity index (χ0v) is 30.2. The summed E-state index contributed by atoms with van der Waals surface area (Å²) in [5.41, 5.74) is 6.30. The molecule has 0 aliphatic heterocycles. The monoisotopic (exact) mass is 663 g/mol. The highest BCUT2D eigenvalue weighted by Crippen LogP contribution is 2.37. The van der Waals surface area contributed by atoms with Gasteiger partial charge in [-0.2, -0.15) is 15.0 Å².